The van der Waals surface area contributed by atoms with Gasteiger partial charge in [-0.05, 0) is 73.2 Å². The van der Waals surface area contributed by atoms with Gasteiger partial charge in [-0.25, -0.2) is 18.8 Å². The van der Waals surface area contributed by atoms with E-state index in [9.17, 15) is 22.8 Å². The number of aromatic nitrogens is 2. The summed E-state index contributed by atoms with van der Waals surface area (Å²) in [7, 11) is 0. The molecule has 1 aliphatic rings. The molecular weight excluding hydrogens is 640 g/mol. The number of nitrogens with zero attached hydrogens (tertiary/aromatic N) is 3. The number of carbonyl (C=O) groups is 2. The van der Waals surface area contributed by atoms with Gasteiger partial charge in [-0.3, -0.25) is 10.2 Å². The number of alkyl halides is 3. The van der Waals surface area contributed by atoms with E-state index in [1.165, 1.54) is 36.4 Å². The Morgan fingerprint density at radius 3 is 2.49 bits per heavy atom. The van der Waals surface area contributed by atoms with E-state index in [0.717, 1.165) is 60.1 Å². The van der Waals surface area contributed by atoms with Gasteiger partial charge in [0.25, 0.3) is 5.91 Å². The molecule has 0 bridgehead atoms. The van der Waals surface area contributed by atoms with E-state index in [1.807, 2.05) is 37.3 Å². The molecule has 1 unspecified atom stereocenters. The predicted octanol–water partition coefficient (Wildman–Crippen LogP) is 8.50. The van der Waals surface area contributed by atoms with E-state index in [0.29, 0.717) is 24.0 Å². The molecule has 1 fully saturated rings. The van der Waals surface area contributed by atoms with Crippen LogP contribution in [0.15, 0.2) is 78.9 Å². The van der Waals surface area contributed by atoms with Crippen molar-refractivity contribution in [2.75, 3.05) is 23.4 Å². The summed E-state index contributed by atoms with van der Waals surface area (Å²) in [6, 6.07) is 19.7. The number of anilines is 2. The second kappa shape index (κ2) is 15.9. The van der Waals surface area contributed by atoms with Crippen LogP contribution in [-0.4, -0.2) is 41.3 Å². The lowest BCUT2D eigenvalue weighted by molar-refractivity contribution is -0.141. The Kier molecular flexibility index (Phi) is 11.4. The summed E-state index contributed by atoms with van der Waals surface area (Å²) in [5.74, 6) is -1.26. The average molecular weight is 679 g/mol. The standard InChI is InChI=1S/C36H38F4N6O3/c1-2-3-4-8-18-49-35(48)45(23-41)27-12-9-13-28(20-27)46-31(21-32(44-46)36(38,39)40)34(47)43-30-19-26(16-17-29(30)37)33(42-22-24-14-15-24)25-10-6-5-7-11-25/h5-7,9-13,16-17,19-21,23-24,33,41-42H,2-4,8,14-15,18,22H2,1H3,(H,43,47). The SMILES string of the molecule is CCCCCCOC(=O)N(C=N)c1cccc(-n2nc(C(F)(F)F)cc2C(=O)Nc2cc(C(NCC3CC3)c3ccccc3)ccc2F)c1. The first-order valence-corrected chi connectivity index (χ1v) is 16.2. The Hall–Kier alpha value is -5.04. The van der Waals surface area contributed by atoms with Gasteiger partial charge in [0.2, 0.25) is 0 Å². The van der Waals surface area contributed by atoms with Gasteiger partial charge in [0.1, 0.15) is 11.5 Å². The minimum Gasteiger partial charge on any atom is -0.449 e. The van der Waals surface area contributed by atoms with Crippen LogP contribution >= 0.6 is 0 Å². The van der Waals surface area contributed by atoms with Crippen molar-refractivity contribution in [3.8, 4) is 5.69 Å². The Morgan fingerprint density at radius 1 is 1.02 bits per heavy atom. The first-order valence-electron chi connectivity index (χ1n) is 16.2. The molecule has 1 aliphatic carbocycles. The highest BCUT2D eigenvalue weighted by molar-refractivity contribution is 6.05. The van der Waals surface area contributed by atoms with Gasteiger partial charge in [-0.1, -0.05) is 68.7 Å². The maximum absolute atomic E-state index is 15.2. The molecule has 1 saturated carbocycles. The van der Waals surface area contributed by atoms with Gasteiger partial charge >= 0.3 is 12.3 Å². The van der Waals surface area contributed by atoms with E-state index in [4.69, 9.17) is 10.1 Å². The molecule has 0 aliphatic heterocycles. The Labute approximate surface area is 281 Å². The van der Waals surface area contributed by atoms with Crippen molar-refractivity contribution >= 4 is 29.7 Å². The molecule has 13 heteroatoms. The molecule has 0 saturated heterocycles. The molecule has 0 spiro atoms. The zero-order valence-electron chi connectivity index (χ0n) is 27.0. The number of carbonyl (C=O) groups excluding carboxylic acids is 2. The van der Waals surface area contributed by atoms with Crippen molar-refractivity contribution in [1.29, 1.82) is 5.41 Å². The van der Waals surface area contributed by atoms with Gasteiger partial charge in [0.05, 0.1) is 36.0 Å². The van der Waals surface area contributed by atoms with Crippen molar-refractivity contribution in [3.05, 3.63) is 107 Å². The minimum atomic E-state index is -4.90. The van der Waals surface area contributed by atoms with Crippen LogP contribution < -0.4 is 15.5 Å². The highest BCUT2D eigenvalue weighted by Gasteiger charge is 2.36. The first kappa shape index (κ1) is 35.3. The lowest BCUT2D eigenvalue weighted by atomic mass is 9.97. The van der Waals surface area contributed by atoms with E-state index < -0.39 is 35.4 Å². The monoisotopic (exact) mass is 678 g/mol. The number of hydrogen-bond acceptors (Lipinski definition) is 6. The van der Waals surface area contributed by atoms with Gasteiger partial charge < -0.3 is 15.4 Å². The fourth-order valence-corrected chi connectivity index (χ4v) is 5.33. The summed E-state index contributed by atoms with van der Waals surface area (Å²) < 4.78 is 62.8. The van der Waals surface area contributed by atoms with Gasteiger partial charge in [0, 0.05) is 6.07 Å². The van der Waals surface area contributed by atoms with Crippen LogP contribution in [0.5, 0.6) is 0 Å². The van der Waals surface area contributed by atoms with Crippen molar-refractivity contribution in [3.63, 3.8) is 0 Å². The molecule has 9 nitrogen and oxygen atoms in total. The predicted molar refractivity (Wildman–Crippen MR) is 179 cm³/mol. The van der Waals surface area contributed by atoms with E-state index in [1.54, 1.807) is 6.07 Å². The number of unbranched alkanes of at least 4 members (excludes halogenated alkanes) is 3. The van der Waals surface area contributed by atoms with Crippen LogP contribution in [0.4, 0.5) is 33.7 Å². The summed E-state index contributed by atoms with van der Waals surface area (Å²) in [6.45, 7) is 2.94. The van der Waals surface area contributed by atoms with Crippen LogP contribution in [0, 0.1) is 17.1 Å². The zero-order chi connectivity index (χ0) is 35.0. The number of nitrogens with one attached hydrogen (secondary N) is 3. The zero-order valence-corrected chi connectivity index (χ0v) is 27.0. The van der Waals surface area contributed by atoms with Gasteiger partial charge in [0.15, 0.2) is 5.69 Å². The number of halogens is 4. The molecule has 0 radical (unpaired) electrons. The maximum atomic E-state index is 15.2. The lowest BCUT2D eigenvalue weighted by Gasteiger charge is -2.21. The minimum absolute atomic E-state index is 0.0108. The van der Waals surface area contributed by atoms with Gasteiger partial charge in [-0.15, -0.1) is 0 Å². The third-order valence-corrected chi connectivity index (χ3v) is 8.15. The van der Waals surface area contributed by atoms with Crippen molar-refractivity contribution in [2.45, 2.75) is 57.7 Å². The van der Waals surface area contributed by atoms with E-state index in [2.05, 4.69) is 15.7 Å². The summed E-state index contributed by atoms with van der Waals surface area (Å²) in [4.78, 5) is 27.2. The number of hydrogen-bond donors (Lipinski definition) is 3. The normalized spacial score (nSPS) is 13.5. The summed E-state index contributed by atoms with van der Waals surface area (Å²) in [5.41, 5.74) is -0.414. The number of ether oxygens (including phenoxy) is 1. The molecule has 1 atom stereocenters. The topological polar surface area (TPSA) is 112 Å². The lowest BCUT2D eigenvalue weighted by Crippen LogP contribution is -2.30. The highest BCUT2D eigenvalue weighted by Crippen LogP contribution is 2.33. The second-order valence-electron chi connectivity index (χ2n) is 11.9. The summed E-state index contributed by atoms with van der Waals surface area (Å²) in [5, 5.41) is 17.4. The molecule has 3 N–H and O–H groups in total. The third kappa shape index (κ3) is 9.11. The molecule has 1 aromatic heterocycles. The number of rotatable bonds is 15. The Bertz CT molecular complexity index is 1760. The highest BCUT2D eigenvalue weighted by atomic mass is 19.4. The molecule has 1 heterocycles. The molecular formula is C36H38F4N6O3. The quantitative estimate of drug-likeness (QED) is 0.0505. The Morgan fingerprint density at radius 2 is 1.80 bits per heavy atom. The Balaban J connectivity index is 1.43. The smallest absolute Gasteiger partial charge is 0.435 e. The maximum Gasteiger partial charge on any atom is 0.435 e. The first-order chi connectivity index (χ1) is 23.6. The van der Waals surface area contributed by atoms with Crippen LogP contribution in [0.1, 0.15) is 78.8 Å². The van der Waals surface area contributed by atoms with E-state index in [-0.39, 0.29) is 29.7 Å². The van der Waals surface area contributed by atoms with Crippen LogP contribution in [0.3, 0.4) is 0 Å². The summed E-state index contributed by atoms with van der Waals surface area (Å²) in [6.07, 6.45) is 0.734. The largest absolute Gasteiger partial charge is 0.449 e. The third-order valence-electron chi connectivity index (χ3n) is 8.15. The summed E-state index contributed by atoms with van der Waals surface area (Å²) >= 11 is 0. The second-order valence-corrected chi connectivity index (χ2v) is 11.9. The fraction of sp³-hybridized carbons (Fsp3) is 0.333. The number of benzene rings is 3. The van der Waals surface area contributed by atoms with Gasteiger partial charge in [-0.2, -0.15) is 18.3 Å². The van der Waals surface area contributed by atoms with Crippen molar-refractivity contribution in [2.24, 2.45) is 5.92 Å². The fourth-order valence-electron chi connectivity index (χ4n) is 5.33. The van der Waals surface area contributed by atoms with Crippen LogP contribution in [0.2, 0.25) is 0 Å². The molecule has 3 aromatic carbocycles. The average Bonchev–Trinajstić information content (AvgIpc) is 3.80. The van der Waals surface area contributed by atoms with Crippen LogP contribution in [-0.2, 0) is 10.9 Å². The molecule has 49 heavy (non-hydrogen) atoms. The molecule has 5 rings (SSSR count). The number of amides is 2. The van der Waals surface area contributed by atoms with Crippen molar-refractivity contribution < 1.29 is 31.9 Å². The van der Waals surface area contributed by atoms with Crippen LogP contribution in [0.25, 0.3) is 5.69 Å². The van der Waals surface area contributed by atoms with E-state index >= 15 is 4.39 Å². The molecule has 2 amide bonds. The van der Waals surface area contributed by atoms with Crippen molar-refractivity contribution in [1.82, 2.24) is 15.1 Å². The molecule has 258 valence electrons. The molecule has 4 aromatic rings.